The van der Waals surface area contributed by atoms with E-state index >= 15 is 0 Å². The van der Waals surface area contributed by atoms with Crippen molar-refractivity contribution in [2.24, 2.45) is 0 Å². The normalized spacial score (nSPS) is 10.7. The van der Waals surface area contributed by atoms with E-state index in [1.807, 2.05) is 18.2 Å². The summed E-state index contributed by atoms with van der Waals surface area (Å²) in [6.07, 6.45) is 10.8. The van der Waals surface area contributed by atoms with Gasteiger partial charge in [0.1, 0.15) is 0 Å². The summed E-state index contributed by atoms with van der Waals surface area (Å²) in [5.41, 5.74) is 1.05. The largest absolute Gasteiger partial charge is 0.385 e. The van der Waals surface area contributed by atoms with Crippen LogP contribution in [0.4, 0.5) is 5.69 Å². The van der Waals surface area contributed by atoms with Crippen molar-refractivity contribution in [2.75, 3.05) is 11.9 Å². The first kappa shape index (κ1) is 16.7. The van der Waals surface area contributed by atoms with Crippen LogP contribution in [0.25, 0.3) is 0 Å². The Bertz CT molecular complexity index is 353. The second kappa shape index (κ2) is 10.4. The lowest BCUT2D eigenvalue weighted by molar-refractivity contribution is 0.581. The van der Waals surface area contributed by atoms with E-state index in [1.54, 1.807) is 0 Å². The second-order valence-corrected chi connectivity index (χ2v) is 5.84. The summed E-state index contributed by atoms with van der Waals surface area (Å²) in [5.74, 6) is 0. The summed E-state index contributed by atoms with van der Waals surface area (Å²) >= 11 is 11.8. The minimum Gasteiger partial charge on any atom is -0.385 e. The van der Waals surface area contributed by atoms with E-state index in [4.69, 9.17) is 23.2 Å². The molecule has 1 rings (SSSR count). The molecule has 0 bridgehead atoms. The smallest absolute Gasteiger partial charge is 0.0612 e. The monoisotopic (exact) mass is 301 g/mol. The van der Waals surface area contributed by atoms with E-state index in [0.29, 0.717) is 10.0 Å². The van der Waals surface area contributed by atoms with Gasteiger partial charge < -0.3 is 5.32 Å². The predicted molar refractivity (Wildman–Crippen MR) is 87.6 cm³/mol. The Morgan fingerprint density at radius 1 is 0.842 bits per heavy atom. The third kappa shape index (κ3) is 7.69. The summed E-state index contributed by atoms with van der Waals surface area (Å²) in [5, 5.41) is 4.60. The van der Waals surface area contributed by atoms with Gasteiger partial charge in [-0.15, -0.1) is 0 Å². The van der Waals surface area contributed by atoms with Gasteiger partial charge in [-0.3, -0.25) is 0 Å². The molecule has 0 atom stereocenters. The van der Waals surface area contributed by atoms with Crippen LogP contribution in [-0.2, 0) is 0 Å². The molecule has 0 aromatic heterocycles. The van der Waals surface area contributed by atoms with Crippen molar-refractivity contribution < 1.29 is 0 Å². The van der Waals surface area contributed by atoms with Gasteiger partial charge in [0.2, 0.25) is 0 Å². The highest BCUT2D eigenvalue weighted by molar-refractivity contribution is 6.42. The molecule has 0 saturated carbocycles. The second-order valence-electron chi connectivity index (χ2n) is 5.03. The van der Waals surface area contributed by atoms with Gasteiger partial charge in [0.05, 0.1) is 10.0 Å². The molecule has 0 unspecified atom stereocenters. The number of rotatable bonds is 10. The maximum absolute atomic E-state index is 5.96. The quantitative estimate of drug-likeness (QED) is 0.483. The highest BCUT2D eigenvalue weighted by Gasteiger charge is 1.98. The summed E-state index contributed by atoms with van der Waals surface area (Å²) in [7, 11) is 0. The molecular formula is C16H25Cl2N. The molecule has 1 N–H and O–H groups in total. The molecule has 0 spiro atoms. The van der Waals surface area contributed by atoms with Crippen molar-refractivity contribution in [1.82, 2.24) is 0 Å². The van der Waals surface area contributed by atoms with Gasteiger partial charge in [-0.05, 0) is 24.6 Å². The Morgan fingerprint density at radius 2 is 1.47 bits per heavy atom. The zero-order chi connectivity index (χ0) is 13.9. The van der Waals surface area contributed by atoms with Gasteiger partial charge >= 0.3 is 0 Å². The molecule has 0 aliphatic heterocycles. The number of benzene rings is 1. The standard InChI is InChI=1S/C16H25Cl2N/c1-2-3-4-5-6-7-8-9-12-19-14-10-11-15(17)16(18)13-14/h10-11,13,19H,2-9,12H2,1H3. The molecule has 3 heteroatoms. The lowest BCUT2D eigenvalue weighted by atomic mass is 10.1. The van der Waals surface area contributed by atoms with Gasteiger partial charge in [-0.2, -0.15) is 0 Å². The van der Waals surface area contributed by atoms with Gasteiger partial charge in [0, 0.05) is 12.2 Å². The maximum atomic E-state index is 5.96. The molecule has 0 fully saturated rings. The average Bonchev–Trinajstić information content (AvgIpc) is 2.41. The van der Waals surface area contributed by atoms with Gasteiger partial charge in [-0.1, -0.05) is 75.1 Å². The van der Waals surface area contributed by atoms with E-state index in [2.05, 4.69) is 12.2 Å². The van der Waals surface area contributed by atoms with Crippen LogP contribution in [0.1, 0.15) is 58.3 Å². The SMILES string of the molecule is CCCCCCCCCCNc1ccc(Cl)c(Cl)c1. The van der Waals surface area contributed by atoms with Gasteiger partial charge in [0.25, 0.3) is 0 Å². The molecule has 0 amide bonds. The molecule has 0 aliphatic carbocycles. The Hall–Kier alpha value is -0.400. The van der Waals surface area contributed by atoms with Crippen molar-refractivity contribution in [3.8, 4) is 0 Å². The van der Waals surface area contributed by atoms with Crippen LogP contribution in [0.2, 0.25) is 10.0 Å². The minimum atomic E-state index is 0.610. The molecule has 108 valence electrons. The first-order chi connectivity index (χ1) is 9.24. The third-order valence-electron chi connectivity index (χ3n) is 3.28. The molecule has 1 nitrogen and oxygen atoms in total. The lowest BCUT2D eigenvalue weighted by Crippen LogP contribution is -2.01. The number of unbranched alkanes of at least 4 members (excludes halogenated alkanes) is 7. The van der Waals surface area contributed by atoms with Crippen LogP contribution in [0.15, 0.2) is 18.2 Å². The molecule has 0 saturated heterocycles. The van der Waals surface area contributed by atoms with Crippen LogP contribution in [0.3, 0.4) is 0 Å². The van der Waals surface area contributed by atoms with Crippen molar-refractivity contribution in [2.45, 2.75) is 58.3 Å². The minimum absolute atomic E-state index is 0.610. The average molecular weight is 302 g/mol. The van der Waals surface area contributed by atoms with Crippen molar-refractivity contribution in [1.29, 1.82) is 0 Å². The fourth-order valence-corrected chi connectivity index (χ4v) is 2.40. The van der Waals surface area contributed by atoms with E-state index < -0.39 is 0 Å². The summed E-state index contributed by atoms with van der Waals surface area (Å²) in [6, 6.07) is 5.69. The first-order valence-electron chi connectivity index (χ1n) is 7.43. The predicted octanol–water partition coefficient (Wildman–Crippen LogP) is 6.55. The van der Waals surface area contributed by atoms with Crippen molar-refractivity contribution in [3.05, 3.63) is 28.2 Å². The van der Waals surface area contributed by atoms with Crippen molar-refractivity contribution in [3.63, 3.8) is 0 Å². The molecule has 0 radical (unpaired) electrons. The van der Waals surface area contributed by atoms with E-state index in [-0.39, 0.29) is 0 Å². The van der Waals surface area contributed by atoms with Crippen LogP contribution in [0.5, 0.6) is 0 Å². The first-order valence-corrected chi connectivity index (χ1v) is 8.18. The Labute approximate surface area is 127 Å². The zero-order valence-electron chi connectivity index (χ0n) is 11.9. The fourth-order valence-electron chi connectivity index (χ4n) is 2.10. The molecule has 1 aromatic rings. The van der Waals surface area contributed by atoms with E-state index in [1.165, 1.54) is 51.4 Å². The Kier molecular flexibility index (Phi) is 9.11. The number of hydrogen-bond donors (Lipinski definition) is 1. The van der Waals surface area contributed by atoms with Crippen LogP contribution < -0.4 is 5.32 Å². The number of hydrogen-bond acceptors (Lipinski definition) is 1. The fraction of sp³-hybridized carbons (Fsp3) is 0.625. The van der Waals surface area contributed by atoms with E-state index in [0.717, 1.165) is 12.2 Å². The summed E-state index contributed by atoms with van der Waals surface area (Å²) < 4.78 is 0. The lowest BCUT2D eigenvalue weighted by Gasteiger charge is -2.07. The molecule has 1 aromatic carbocycles. The van der Waals surface area contributed by atoms with Crippen LogP contribution >= 0.6 is 23.2 Å². The number of nitrogens with one attached hydrogen (secondary N) is 1. The topological polar surface area (TPSA) is 12.0 Å². The highest BCUT2D eigenvalue weighted by Crippen LogP contribution is 2.24. The maximum Gasteiger partial charge on any atom is 0.0612 e. The number of anilines is 1. The molecule has 0 aliphatic rings. The van der Waals surface area contributed by atoms with Crippen LogP contribution in [0, 0.1) is 0 Å². The summed E-state index contributed by atoms with van der Waals surface area (Å²) in [6.45, 7) is 3.27. The Morgan fingerprint density at radius 3 is 2.11 bits per heavy atom. The van der Waals surface area contributed by atoms with Crippen LogP contribution in [-0.4, -0.2) is 6.54 Å². The summed E-state index contributed by atoms with van der Waals surface area (Å²) in [4.78, 5) is 0. The third-order valence-corrected chi connectivity index (χ3v) is 4.02. The molecule has 19 heavy (non-hydrogen) atoms. The van der Waals surface area contributed by atoms with Gasteiger partial charge in [0.15, 0.2) is 0 Å². The van der Waals surface area contributed by atoms with Crippen molar-refractivity contribution >= 4 is 28.9 Å². The Balaban J connectivity index is 2.00. The highest BCUT2D eigenvalue weighted by atomic mass is 35.5. The molecular weight excluding hydrogens is 277 g/mol. The zero-order valence-corrected chi connectivity index (χ0v) is 13.4. The number of halogens is 2. The molecule has 0 heterocycles. The van der Waals surface area contributed by atoms with Gasteiger partial charge in [-0.25, -0.2) is 0 Å². The van der Waals surface area contributed by atoms with E-state index in [9.17, 15) is 0 Å².